The lowest BCUT2D eigenvalue weighted by atomic mass is 9.92. The van der Waals surface area contributed by atoms with Crippen molar-refractivity contribution in [3.05, 3.63) is 29.8 Å². The number of benzene rings is 1. The van der Waals surface area contributed by atoms with E-state index >= 15 is 0 Å². The van der Waals surface area contributed by atoms with E-state index < -0.39 is 162 Å². The summed E-state index contributed by atoms with van der Waals surface area (Å²) in [5.41, 5.74) is 0.586. The Hall–Kier alpha value is -6.81. The second-order valence-corrected chi connectivity index (χ2v) is 22.8. The summed E-state index contributed by atoms with van der Waals surface area (Å²) < 4.78 is 16.2. The second-order valence-electron chi connectivity index (χ2n) is 22.8. The lowest BCUT2D eigenvalue weighted by Crippen LogP contribution is -2.63. The molecule has 9 amide bonds. The van der Waals surface area contributed by atoms with Crippen molar-refractivity contribution in [1.29, 1.82) is 0 Å². The number of rotatable bonds is 12. The van der Waals surface area contributed by atoms with Gasteiger partial charge in [0.2, 0.25) is 47.3 Å². The van der Waals surface area contributed by atoms with Crippen LogP contribution < -0.4 is 20.7 Å². The number of nitrogens with one attached hydrogen (secondary N) is 3. The van der Waals surface area contributed by atoms with Crippen LogP contribution in [0.5, 0.6) is 5.75 Å². The molecule has 11 atom stereocenters. The largest absolute Gasteiger partial charge is 0.497 e. The molecule has 1 aromatic rings. The van der Waals surface area contributed by atoms with Crippen LogP contribution in [-0.2, 0) is 68.6 Å². The summed E-state index contributed by atoms with van der Waals surface area (Å²) in [6.07, 6.45) is -0.161. The minimum atomic E-state index is -1.56. The van der Waals surface area contributed by atoms with Crippen LogP contribution in [0.4, 0.5) is 0 Å². The van der Waals surface area contributed by atoms with E-state index in [2.05, 4.69) is 16.0 Å². The van der Waals surface area contributed by atoms with E-state index in [-0.39, 0.29) is 19.4 Å². The lowest BCUT2D eigenvalue weighted by Gasteiger charge is -2.41. The zero-order valence-corrected chi connectivity index (χ0v) is 51.2. The number of piperidine rings is 1. The highest BCUT2D eigenvalue weighted by Gasteiger charge is 2.46. The van der Waals surface area contributed by atoms with E-state index in [1.165, 1.54) is 64.0 Å². The number of hydrogen-bond acceptors (Lipinski definition) is 14. The molecule has 0 spiro atoms. The van der Waals surface area contributed by atoms with E-state index in [0.717, 1.165) is 21.8 Å². The van der Waals surface area contributed by atoms with Gasteiger partial charge in [0.15, 0.2) is 6.10 Å². The first-order chi connectivity index (χ1) is 37.9. The van der Waals surface area contributed by atoms with Crippen LogP contribution in [0.25, 0.3) is 0 Å². The van der Waals surface area contributed by atoms with Crippen LogP contribution >= 0.6 is 0 Å². The molecule has 23 nitrogen and oxygen atoms in total. The van der Waals surface area contributed by atoms with Crippen LogP contribution in [0.15, 0.2) is 24.3 Å². The molecule has 2 heterocycles. The van der Waals surface area contributed by atoms with E-state index in [4.69, 9.17) is 14.2 Å². The summed E-state index contributed by atoms with van der Waals surface area (Å²) in [5.74, 6) is -10.4. The number of ether oxygens (including phenoxy) is 3. The maximum Gasteiger partial charge on any atom is 0.329 e. The standard InChI is InChI=1S/C58H93N9O14/c1-19-35(9)48-50(70)59-31-43(68)63(13)46(33(5)6)51(71)60-40(29-38-24-26-39(79-17)27-25-38)58(78)81-37(11)53(73)67-28-22-21-23-41(67)54(74)64(14)47(34(7)8)52(72)61-45(32(3)4)56(76)62(12)42(30-44(69)80-18)55(75)66(16)49(36(10)20-2)57(77)65(48)15/h24-27,32-37,40-42,45-49H,19-23,28-31H2,1-18H3,(H,59,70)(H,60,71)(H,61,72)/t35-,36+,37-,40+,41+,42-,45+,46+,47+,48+,49+/m1/s1. The second kappa shape index (κ2) is 30.9. The van der Waals surface area contributed by atoms with Crippen molar-refractivity contribution >= 4 is 65.1 Å². The molecule has 0 aliphatic carbocycles. The molecule has 2 saturated heterocycles. The SMILES string of the molecule is CC[C@@H](C)[C@H]1C(=O)NCC(=O)N(C)[C@@H](C(C)C)C(=O)N[C@@H](Cc2ccc(OC)cc2)C(=O)O[C@H](C)C(=O)N2CCCC[C@H]2C(=O)N(C)[C@@H](C(C)C)C(=O)N[C@@H](C(C)C)C(=O)N(C)[C@H](CC(=O)OC)C(=O)N(C)[C@@H]([C@@H](C)CC)C(=O)N1C. The Morgan fingerprint density at radius 2 is 1.15 bits per heavy atom. The Balaban J connectivity index is 2.29. The smallest absolute Gasteiger partial charge is 0.329 e. The van der Waals surface area contributed by atoms with Crippen LogP contribution in [0.1, 0.15) is 120 Å². The van der Waals surface area contributed by atoms with Gasteiger partial charge in [0, 0.05) is 48.2 Å². The molecule has 2 fully saturated rings. The van der Waals surface area contributed by atoms with Gasteiger partial charge in [-0.25, -0.2) is 4.79 Å². The Labute approximate surface area is 479 Å². The van der Waals surface area contributed by atoms with Gasteiger partial charge >= 0.3 is 11.9 Å². The number of amides is 9. The van der Waals surface area contributed by atoms with E-state index in [1.807, 2.05) is 13.8 Å². The molecule has 3 N–H and O–H groups in total. The molecule has 3 rings (SSSR count). The zero-order valence-electron chi connectivity index (χ0n) is 51.2. The third kappa shape index (κ3) is 17.1. The molecule has 2 aliphatic heterocycles. The van der Waals surface area contributed by atoms with Crippen LogP contribution in [0.2, 0.25) is 0 Å². The van der Waals surface area contributed by atoms with Gasteiger partial charge in [0.05, 0.1) is 27.2 Å². The molecule has 0 saturated carbocycles. The lowest BCUT2D eigenvalue weighted by molar-refractivity contribution is -0.165. The summed E-state index contributed by atoms with van der Waals surface area (Å²) in [7, 11) is 9.53. The summed E-state index contributed by atoms with van der Waals surface area (Å²) in [5, 5.41) is 8.25. The number of esters is 2. The van der Waals surface area contributed by atoms with Crippen LogP contribution in [0.3, 0.4) is 0 Å². The molecule has 2 aliphatic rings. The Morgan fingerprint density at radius 3 is 1.68 bits per heavy atom. The molecule has 454 valence electrons. The van der Waals surface area contributed by atoms with Crippen LogP contribution in [0, 0.1) is 29.6 Å². The van der Waals surface area contributed by atoms with E-state index in [9.17, 15) is 52.7 Å². The highest BCUT2D eigenvalue weighted by atomic mass is 16.5. The minimum absolute atomic E-state index is 0.110. The molecule has 0 radical (unpaired) electrons. The molecular formula is C58H93N9O14. The Morgan fingerprint density at radius 1 is 0.617 bits per heavy atom. The predicted molar refractivity (Wildman–Crippen MR) is 301 cm³/mol. The van der Waals surface area contributed by atoms with Gasteiger partial charge in [-0.15, -0.1) is 0 Å². The fourth-order valence-corrected chi connectivity index (χ4v) is 10.7. The first-order valence-corrected chi connectivity index (χ1v) is 28.3. The van der Waals surface area contributed by atoms with Gasteiger partial charge in [-0.3, -0.25) is 47.9 Å². The molecule has 23 heteroatoms. The summed E-state index contributed by atoms with van der Waals surface area (Å²) in [6.45, 7) is 18.2. The summed E-state index contributed by atoms with van der Waals surface area (Å²) in [4.78, 5) is 166. The first kappa shape index (κ1) is 68.5. The maximum atomic E-state index is 15.0. The number of hydrogen-bond donors (Lipinski definition) is 3. The third-order valence-electron chi connectivity index (χ3n) is 16.0. The van der Waals surface area contributed by atoms with Crippen LogP contribution in [-0.4, -0.2) is 211 Å². The number of cyclic esters (lactones) is 1. The monoisotopic (exact) mass is 1140 g/mol. The normalized spacial score (nSPS) is 26.5. The quantitative estimate of drug-likeness (QED) is 0.254. The van der Waals surface area contributed by atoms with Gasteiger partial charge < -0.3 is 59.6 Å². The number of nitrogens with zero attached hydrogens (tertiary/aromatic N) is 6. The van der Waals surface area contributed by atoms with Gasteiger partial charge in [-0.2, -0.15) is 0 Å². The van der Waals surface area contributed by atoms with Crippen molar-refractivity contribution in [2.45, 2.75) is 176 Å². The van der Waals surface area contributed by atoms with Gasteiger partial charge in [-0.05, 0) is 73.5 Å². The number of carbonyl (C=O) groups is 11. The number of methoxy groups -OCH3 is 2. The summed E-state index contributed by atoms with van der Waals surface area (Å²) >= 11 is 0. The van der Waals surface area contributed by atoms with E-state index in [1.54, 1.807) is 79.7 Å². The van der Waals surface area contributed by atoms with Gasteiger partial charge in [0.1, 0.15) is 54.1 Å². The first-order valence-electron chi connectivity index (χ1n) is 28.3. The Bertz CT molecular complexity index is 2400. The highest BCUT2D eigenvalue weighted by molar-refractivity contribution is 5.99. The maximum absolute atomic E-state index is 15.0. The molecular weight excluding hydrogens is 1050 g/mol. The third-order valence-corrected chi connectivity index (χ3v) is 16.0. The van der Waals surface area contributed by atoms with Crippen molar-refractivity contribution in [3.63, 3.8) is 0 Å². The fourth-order valence-electron chi connectivity index (χ4n) is 10.7. The van der Waals surface area contributed by atoms with E-state index in [0.29, 0.717) is 37.0 Å². The van der Waals surface area contributed by atoms with Gasteiger partial charge in [-0.1, -0.05) is 94.2 Å². The average molecular weight is 1140 g/mol. The molecule has 0 unspecified atom stereocenters. The van der Waals surface area contributed by atoms with Crippen molar-refractivity contribution in [2.75, 3.05) is 62.5 Å². The van der Waals surface area contributed by atoms with Gasteiger partial charge in [0.25, 0.3) is 5.91 Å². The van der Waals surface area contributed by atoms with Crippen molar-refractivity contribution < 1.29 is 67.0 Å². The van der Waals surface area contributed by atoms with Crippen molar-refractivity contribution in [1.82, 2.24) is 45.3 Å². The number of likely N-dealkylation sites (N-methyl/N-ethyl adjacent to an activating group) is 5. The highest BCUT2D eigenvalue weighted by Crippen LogP contribution is 2.27. The van der Waals surface area contributed by atoms with Crippen molar-refractivity contribution in [3.8, 4) is 5.75 Å². The fraction of sp³-hybridized carbons (Fsp3) is 0.707. The Kier molecular flexibility index (Phi) is 26.1. The predicted octanol–water partition coefficient (Wildman–Crippen LogP) is 2.41. The molecule has 0 aromatic heterocycles. The summed E-state index contributed by atoms with van der Waals surface area (Å²) in [6, 6.07) is -3.48. The molecule has 1 aromatic carbocycles. The minimum Gasteiger partial charge on any atom is -0.497 e. The number of fused-ring (bicyclic) bond motifs is 1. The topological polar surface area (TPSA) is 271 Å². The van der Waals surface area contributed by atoms with Crippen molar-refractivity contribution in [2.24, 2.45) is 29.6 Å². The zero-order chi connectivity index (χ0) is 61.5. The molecule has 81 heavy (non-hydrogen) atoms. The average Bonchev–Trinajstić information content (AvgIpc) is 3.45. The number of carbonyl (C=O) groups excluding carboxylic acids is 11. The molecule has 0 bridgehead atoms.